The van der Waals surface area contributed by atoms with Gasteiger partial charge < -0.3 is 8.98 Å². The van der Waals surface area contributed by atoms with E-state index >= 15 is 0 Å². The number of furan rings is 1. The van der Waals surface area contributed by atoms with E-state index in [1.54, 1.807) is 6.20 Å². The first kappa shape index (κ1) is 18.0. The van der Waals surface area contributed by atoms with Crippen molar-refractivity contribution in [3.63, 3.8) is 0 Å². The highest BCUT2D eigenvalue weighted by atomic mass is 16.3. The summed E-state index contributed by atoms with van der Waals surface area (Å²) in [6.07, 6.45) is 8.20. The van der Waals surface area contributed by atoms with E-state index in [0.717, 1.165) is 62.1 Å². The van der Waals surface area contributed by atoms with Gasteiger partial charge in [-0.2, -0.15) is 5.10 Å². The molecule has 1 aliphatic heterocycles. The van der Waals surface area contributed by atoms with Crippen LogP contribution in [-0.2, 0) is 26.6 Å². The quantitative estimate of drug-likeness (QED) is 0.641. The molecule has 7 nitrogen and oxygen atoms in total. The minimum atomic E-state index is 0.410. The van der Waals surface area contributed by atoms with Crippen LogP contribution in [0.5, 0.6) is 0 Å². The lowest BCUT2D eigenvalue weighted by Crippen LogP contribution is -2.34. The molecule has 4 rings (SSSR count). The molecule has 144 valence electrons. The fourth-order valence-corrected chi connectivity index (χ4v) is 3.93. The Labute approximate surface area is 160 Å². The summed E-state index contributed by atoms with van der Waals surface area (Å²) in [7, 11) is 2.07. The van der Waals surface area contributed by atoms with Gasteiger partial charge in [-0.25, -0.2) is 0 Å². The zero-order valence-electron chi connectivity index (χ0n) is 16.2. The fraction of sp³-hybridized carbons (Fsp3) is 0.550. The second-order valence-electron chi connectivity index (χ2n) is 7.43. The number of likely N-dealkylation sites (tertiary alicyclic amines) is 1. The van der Waals surface area contributed by atoms with Crippen molar-refractivity contribution in [2.24, 2.45) is 7.05 Å². The van der Waals surface area contributed by atoms with Crippen LogP contribution in [0.25, 0.3) is 0 Å². The van der Waals surface area contributed by atoms with Crippen LogP contribution in [0.3, 0.4) is 0 Å². The van der Waals surface area contributed by atoms with E-state index in [0.29, 0.717) is 12.5 Å². The van der Waals surface area contributed by atoms with Gasteiger partial charge in [0.1, 0.15) is 23.9 Å². The lowest BCUT2D eigenvalue weighted by molar-refractivity contribution is 0.181. The average Bonchev–Trinajstić information content (AvgIpc) is 3.40. The maximum atomic E-state index is 5.97. The summed E-state index contributed by atoms with van der Waals surface area (Å²) in [6.45, 7) is 5.81. The van der Waals surface area contributed by atoms with E-state index in [1.807, 2.05) is 16.9 Å². The first-order valence-corrected chi connectivity index (χ1v) is 9.88. The number of hydrogen-bond acceptors (Lipinski definition) is 5. The Balaban J connectivity index is 1.41. The highest BCUT2D eigenvalue weighted by Crippen LogP contribution is 2.27. The molecular weight excluding hydrogens is 340 g/mol. The van der Waals surface area contributed by atoms with Gasteiger partial charge in [-0.15, -0.1) is 10.2 Å². The summed E-state index contributed by atoms with van der Waals surface area (Å²) in [5.41, 5.74) is 0. The Morgan fingerprint density at radius 3 is 2.89 bits per heavy atom. The molecule has 3 aromatic rings. The molecule has 0 aromatic carbocycles. The molecule has 1 fully saturated rings. The van der Waals surface area contributed by atoms with E-state index in [2.05, 4.69) is 50.9 Å². The van der Waals surface area contributed by atoms with Crippen LogP contribution < -0.4 is 0 Å². The van der Waals surface area contributed by atoms with E-state index in [-0.39, 0.29) is 0 Å². The standard InChI is InChI=1S/C20H28N6O/c1-3-6-17-8-9-18(27-17)14-25-11-4-7-16(13-25)20-23-22-19(24(20)2)15-26-12-5-10-21-26/h5,8-10,12,16H,3-4,6-7,11,13-15H2,1-2H3/t16-/m0/s1. The van der Waals surface area contributed by atoms with Crippen LogP contribution >= 0.6 is 0 Å². The van der Waals surface area contributed by atoms with Crippen molar-refractivity contribution >= 4 is 0 Å². The van der Waals surface area contributed by atoms with E-state index in [1.165, 1.54) is 6.42 Å². The van der Waals surface area contributed by atoms with Crippen LogP contribution in [0.4, 0.5) is 0 Å². The molecule has 1 saturated heterocycles. The molecule has 7 heteroatoms. The topological polar surface area (TPSA) is 64.9 Å². The van der Waals surface area contributed by atoms with Gasteiger partial charge in [0.25, 0.3) is 0 Å². The number of hydrogen-bond donors (Lipinski definition) is 0. The number of rotatable bonds is 7. The zero-order valence-corrected chi connectivity index (χ0v) is 16.2. The number of piperidine rings is 1. The van der Waals surface area contributed by atoms with Gasteiger partial charge >= 0.3 is 0 Å². The lowest BCUT2D eigenvalue weighted by atomic mass is 9.97. The third kappa shape index (κ3) is 4.13. The molecule has 4 heterocycles. The molecular formula is C20H28N6O. The fourth-order valence-electron chi connectivity index (χ4n) is 3.93. The molecule has 27 heavy (non-hydrogen) atoms. The Kier molecular flexibility index (Phi) is 5.38. The predicted molar refractivity (Wildman–Crippen MR) is 102 cm³/mol. The summed E-state index contributed by atoms with van der Waals surface area (Å²) < 4.78 is 9.99. The Morgan fingerprint density at radius 2 is 2.07 bits per heavy atom. The summed E-state index contributed by atoms with van der Waals surface area (Å²) in [5, 5.41) is 13.2. The van der Waals surface area contributed by atoms with Crippen molar-refractivity contribution in [3.05, 3.63) is 53.8 Å². The van der Waals surface area contributed by atoms with E-state index < -0.39 is 0 Å². The zero-order chi connectivity index (χ0) is 18.6. The molecule has 0 bridgehead atoms. The van der Waals surface area contributed by atoms with Crippen molar-refractivity contribution < 1.29 is 4.42 Å². The van der Waals surface area contributed by atoms with Crippen LogP contribution in [0.15, 0.2) is 35.0 Å². The van der Waals surface area contributed by atoms with Crippen LogP contribution in [0.2, 0.25) is 0 Å². The molecule has 1 atom stereocenters. The first-order valence-electron chi connectivity index (χ1n) is 9.88. The third-order valence-corrected chi connectivity index (χ3v) is 5.33. The van der Waals surface area contributed by atoms with E-state index in [4.69, 9.17) is 4.42 Å². The number of aryl methyl sites for hydroxylation is 1. The van der Waals surface area contributed by atoms with Crippen LogP contribution in [0.1, 0.15) is 55.3 Å². The van der Waals surface area contributed by atoms with Gasteiger partial charge in [-0.1, -0.05) is 6.92 Å². The molecule has 1 aliphatic rings. The summed E-state index contributed by atoms with van der Waals surface area (Å²) >= 11 is 0. The largest absolute Gasteiger partial charge is 0.465 e. The summed E-state index contributed by atoms with van der Waals surface area (Å²) in [6, 6.07) is 6.17. The number of aromatic nitrogens is 5. The summed E-state index contributed by atoms with van der Waals surface area (Å²) in [5.74, 6) is 4.59. The third-order valence-electron chi connectivity index (χ3n) is 5.33. The van der Waals surface area contributed by atoms with Crippen molar-refractivity contribution in [1.82, 2.24) is 29.4 Å². The van der Waals surface area contributed by atoms with Crippen LogP contribution in [0, 0.1) is 0 Å². The van der Waals surface area contributed by atoms with Crippen LogP contribution in [-0.4, -0.2) is 42.5 Å². The van der Waals surface area contributed by atoms with Gasteiger partial charge in [0.05, 0.1) is 6.54 Å². The van der Waals surface area contributed by atoms with Crippen molar-refractivity contribution in [2.45, 2.75) is 51.6 Å². The maximum Gasteiger partial charge on any atom is 0.154 e. The minimum Gasteiger partial charge on any atom is -0.465 e. The van der Waals surface area contributed by atoms with Gasteiger partial charge in [0.2, 0.25) is 0 Å². The molecule has 0 aliphatic carbocycles. The smallest absolute Gasteiger partial charge is 0.154 e. The van der Waals surface area contributed by atoms with Gasteiger partial charge in [0, 0.05) is 38.3 Å². The Hall–Kier alpha value is -2.41. The average molecular weight is 368 g/mol. The van der Waals surface area contributed by atoms with Crippen molar-refractivity contribution in [2.75, 3.05) is 13.1 Å². The second-order valence-corrected chi connectivity index (χ2v) is 7.43. The maximum absolute atomic E-state index is 5.97. The van der Waals surface area contributed by atoms with Crippen molar-refractivity contribution in [3.8, 4) is 0 Å². The Morgan fingerprint density at radius 1 is 1.19 bits per heavy atom. The predicted octanol–water partition coefficient (Wildman–Crippen LogP) is 2.99. The first-order chi connectivity index (χ1) is 13.2. The molecule has 0 radical (unpaired) electrons. The van der Waals surface area contributed by atoms with Gasteiger partial charge in [-0.3, -0.25) is 9.58 Å². The lowest BCUT2D eigenvalue weighted by Gasteiger charge is -2.31. The van der Waals surface area contributed by atoms with Crippen molar-refractivity contribution in [1.29, 1.82) is 0 Å². The highest BCUT2D eigenvalue weighted by molar-refractivity contribution is 5.09. The number of nitrogens with zero attached hydrogens (tertiary/aromatic N) is 6. The molecule has 3 aromatic heterocycles. The SMILES string of the molecule is CCCc1ccc(CN2CCC[C@H](c3nnc(Cn4cccn4)n3C)C2)o1. The minimum absolute atomic E-state index is 0.410. The van der Waals surface area contributed by atoms with Gasteiger partial charge in [0.15, 0.2) is 5.82 Å². The van der Waals surface area contributed by atoms with E-state index in [9.17, 15) is 0 Å². The molecule has 0 unspecified atom stereocenters. The van der Waals surface area contributed by atoms with Gasteiger partial charge in [-0.05, 0) is 44.0 Å². The Bertz CT molecular complexity index is 850. The molecule has 0 N–H and O–H groups in total. The molecule has 0 saturated carbocycles. The summed E-state index contributed by atoms with van der Waals surface area (Å²) in [4.78, 5) is 2.48. The molecule has 0 amide bonds. The second kappa shape index (κ2) is 8.08. The normalized spacial score (nSPS) is 18.2. The highest BCUT2D eigenvalue weighted by Gasteiger charge is 2.26. The molecule has 0 spiro atoms. The monoisotopic (exact) mass is 368 g/mol.